The van der Waals surface area contributed by atoms with Crippen molar-refractivity contribution in [2.75, 3.05) is 13.1 Å². The summed E-state index contributed by atoms with van der Waals surface area (Å²) in [5.74, 6) is 0. The molecule has 1 fully saturated rings. The highest BCUT2D eigenvalue weighted by Gasteiger charge is 2.19. The zero-order valence-electron chi connectivity index (χ0n) is 6.46. The van der Waals surface area contributed by atoms with Crippen LogP contribution >= 0.6 is 11.3 Å². The maximum atomic E-state index is 5.68. The fourth-order valence-corrected chi connectivity index (χ4v) is 1.82. The molecule has 2 heterocycles. The number of thiophene rings is 1. The van der Waals surface area contributed by atoms with E-state index >= 15 is 0 Å². The van der Waals surface area contributed by atoms with E-state index in [4.69, 9.17) is 4.74 Å². The second kappa shape index (κ2) is 2.83. The first-order valence-corrected chi connectivity index (χ1v) is 4.65. The van der Waals surface area contributed by atoms with E-state index < -0.39 is 0 Å². The third kappa shape index (κ3) is 1.39. The molecule has 0 amide bonds. The SMILES string of the molecule is Cc1ccsc1OC1CNC1. The van der Waals surface area contributed by atoms with Crippen molar-refractivity contribution in [3.05, 3.63) is 17.0 Å². The first kappa shape index (κ1) is 7.13. The van der Waals surface area contributed by atoms with Crippen LogP contribution in [0, 0.1) is 6.92 Å². The average molecular weight is 169 g/mol. The molecule has 2 nitrogen and oxygen atoms in total. The second-order valence-electron chi connectivity index (χ2n) is 2.79. The molecular formula is C8H11NOS. The Morgan fingerprint density at radius 1 is 1.64 bits per heavy atom. The molecule has 1 N–H and O–H groups in total. The summed E-state index contributed by atoms with van der Waals surface area (Å²) in [6.45, 7) is 4.08. The minimum Gasteiger partial charge on any atom is -0.478 e. The Labute approximate surface area is 70.2 Å². The molecule has 60 valence electrons. The Morgan fingerprint density at radius 3 is 2.91 bits per heavy atom. The molecule has 1 aliphatic rings. The highest BCUT2D eigenvalue weighted by atomic mass is 32.1. The zero-order chi connectivity index (χ0) is 7.68. The van der Waals surface area contributed by atoms with E-state index in [-0.39, 0.29) is 0 Å². The maximum absolute atomic E-state index is 5.68. The van der Waals surface area contributed by atoms with Crippen molar-refractivity contribution in [2.45, 2.75) is 13.0 Å². The Hall–Kier alpha value is -0.540. The molecule has 0 spiro atoms. The zero-order valence-corrected chi connectivity index (χ0v) is 7.28. The third-order valence-electron chi connectivity index (χ3n) is 1.83. The Morgan fingerprint density at radius 2 is 2.45 bits per heavy atom. The van der Waals surface area contributed by atoms with Crippen LogP contribution in [-0.2, 0) is 0 Å². The van der Waals surface area contributed by atoms with Gasteiger partial charge in [0.05, 0.1) is 0 Å². The molecule has 0 atom stereocenters. The van der Waals surface area contributed by atoms with Crippen LogP contribution in [0.2, 0.25) is 0 Å². The number of rotatable bonds is 2. The van der Waals surface area contributed by atoms with Crippen LogP contribution in [-0.4, -0.2) is 19.2 Å². The molecule has 0 radical (unpaired) electrons. The minimum atomic E-state index is 0.410. The van der Waals surface area contributed by atoms with Crippen molar-refractivity contribution in [3.63, 3.8) is 0 Å². The van der Waals surface area contributed by atoms with Crippen molar-refractivity contribution < 1.29 is 4.74 Å². The van der Waals surface area contributed by atoms with Crippen LogP contribution in [0.25, 0.3) is 0 Å². The maximum Gasteiger partial charge on any atom is 0.177 e. The summed E-state index contributed by atoms with van der Waals surface area (Å²) in [4.78, 5) is 0. The molecule has 1 aliphatic heterocycles. The summed E-state index contributed by atoms with van der Waals surface area (Å²) < 4.78 is 5.68. The van der Waals surface area contributed by atoms with Gasteiger partial charge in [0, 0.05) is 18.7 Å². The molecule has 3 heteroatoms. The molecule has 1 aromatic rings. The number of nitrogens with one attached hydrogen (secondary N) is 1. The minimum absolute atomic E-state index is 0.410. The fourth-order valence-electron chi connectivity index (χ4n) is 0.976. The molecule has 0 aliphatic carbocycles. The highest BCUT2D eigenvalue weighted by Crippen LogP contribution is 2.26. The molecule has 2 rings (SSSR count). The first-order chi connectivity index (χ1) is 5.36. The molecule has 0 aromatic carbocycles. The van der Waals surface area contributed by atoms with Gasteiger partial charge in [-0.2, -0.15) is 0 Å². The van der Waals surface area contributed by atoms with E-state index in [2.05, 4.69) is 23.7 Å². The molecule has 1 aromatic heterocycles. The lowest BCUT2D eigenvalue weighted by Gasteiger charge is -2.27. The largest absolute Gasteiger partial charge is 0.478 e. The van der Waals surface area contributed by atoms with Crippen LogP contribution in [0.1, 0.15) is 5.56 Å². The number of aryl methyl sites for hydroxylation is 1. The average Bonchev–Trinajstić information content (AvgIpc) is 2.27. The molecule has 0 unspecified atom stereocenters. The smallest absolute Gasteiger partial charge is 0.177 e. The van der Waals surface area contributed by atoms with E-state index in [0.717, 1.165) is 18.2 Å². The van der Waals surface area contributed by atoms with Gasteiger partial charge in [-0.1, -0.05) is 0 Å². The highest BCUT2D eigenvalue weighted by molar-refractivity contribution is 7.12. The second-order valence-corrected chi connectivity index (χ2v) is 3.67. The normalized spacial score (nSPS) is 17.9. The van der Waals surface area contributed by atoms with Gasteiger partial charge in [0.15, 0.2) is 5.06 Å². The van der Waals surface area contributed by atoms with Crippen molar-refractivity contribution >= 4 is 11.3 Å². The van der Waals surface area contributed by atoms with Gasteiger partial charge >= 0.3 is 0 Å². The summed E-state index contributed by atoms with van der Waals surface area (Å²) >= 11 is 1.68. The lowest BCUT2D eigenvalue weighted by Crippen LogP contribution is -2.50. The van der Waals surface area contributed by atoms with Gasteiger partial charge in [0.2, 0.25) is 0 Å². The predicted octanol–water partition coefficient (Wildman–Crippen LogP) is 1.41. The van der Waals surface area contributed by atoms with E-state index in [0.29, 0.717) is 6.10 Å². The van der Waals surface area contributed by atoms with E-state index in [9.17, 15) is 0 Å². The van der Waals surface area contributed by atoms with E-state index in [1.165, 1.54) is 5.56 Å². The lowest BCUT2D eigenvalue weighted by atomic mass is 10.2. The summed E-state index contributed by atoms with van der Waals surface area (Å²) in [6.07, 6.45) is 0.410. The Kier molecular flexibility index (Phi) is 1.84. The summed E-state index contributed by atoms with van der Waals surface area (Å²) in [5.41, 5.74) is 1.25. The predicted molar refractivity (Wildman–Crippen MR) is 46.3 cm³/mol. The van der Waals surface area contributed by atoms with Crippen LogP contribution in [0.3, 0.4) is 0 Å². The van der Waals surface area contributed by atoms with Crippen molar-refractivity contribution in [2.24, 2.45) is 0 Å². The molecular weight excluding hydrogens is 158 g/mol. The molecule has 0 saturated carbocycles. The van der Waals surface area contributed by atoms with Crippen LogP contribution in [0.4, 0.5) is 0 Å². The summed E-state index contributed by atoms with van der Waals surface area (Å²) in [5, 5.41) is 6.32. The monoisotopic (exact) mass is 169 g/mol. The van der Waals surface area contributed by atoms with Crippen LogP contribution in [0.15, 0.2) is 11.4 Å². The van der Waals surface area contributed by atoms with Gasteiger partial charge in [-0.25, -0.2) is 0 Å². The third-order valence-corrected chi connectivity index (χ3v) is 2.74. The fraction of sp³-hybridized carbons (Fsp3) is 0.500. The number of hydrogen-bond donors (Lipinski definition) is 1. The topological polar surface area (TPSA) is 21.3 Å². The van der Waals surface area contributed by atoms with Crippen molar-refractivity contribution in [1.29, 1.82) is 0 Å². The van der Waals surface area contributed by atoms with Crippen LogP contribution < -0.4 is 10.1 Å². The number of ether oxygens (including phenoxy) is 1. The van der Waals surface area contributed by atoms with Gasteiger partial charge in [-0.3, -0.25) is 0 Å². The van der Waals surface area contributed by atoms with E-state index in [1.54, 1.807) is 11.3 Å². The summed E-state index contributed by atoms with van der Waals surface area (Å²) in [7, 11) is 0. The molecule has 1 saturated heterocycles. The van der Waals surface area contributed by atoms with Gasteiger partial charge < -0.3 is 10.1 Å². The van der Waals surface area contributed by atoms with Crippen molar-refractivity contribution in [1.82, 2.24) is 5.32 Å². The lowest BCUT2D eigenvalue weighted by molar-refractivity contribution is 0.146. The first-order valence-electron chi connectivity index (χ1n) is 3.78. The summed E-state index contributed by atoms with van der Waals surface area (Å²) in [6, 6.07) is 2.09. The van der Waals surface area contributed by atoms with E-state index in [1.807, 2.05) is 0 Å². The van der Waals surface area contributed by atoms with Gasteiger partial charge in [0.1, 0.15) is 6.10 Å². The van der Waals surface area contributed by atoms with Crippen molar-refractivity contribution in [3.8, 4) is 5.06 Å². The standard InChI is InChI=1S/C8H11NOS/c1-6-2-3-11-8(6)10-7-4-9-5-7/h2-3,7,9H,4-5H2,1H3. The number of hydrogen-bond acceptors (Lipinski definition) is 3. The Bertz CT molecular complexity index is 242. The molecule has 11 heavy (non-hydrogen) atoms. The van der Waals surface area contributed by atoms with Gasteiger partial charge in [0.25, 0.3) is 0 Å². The Balaban J connectivity index is 1.99. The van der Waals surface area contributed by atoms with Gasteiger partial charge in [-0.15, -0.1) is 11.3 Å². The van der Waals surface area contributed by atoms with Gasteiger partial charge in [-0.05, 0) is 18.4 Å². The quantitative estimate of drug-likeness (QED) is 0.722. The molecule has 0 bridgehead atoms. The van der Waals surface area contributed by atoms with Crippen LogP contribution in [0.5, 0.6) is 5.06 Å².